The molecule has 9 heteroatoms. The minimum atomic E-state index is -1.02. The molecule has 3 rings (SSSR count). The molecule has 0 saturated carbocycles. The van der Waals surface area contributed by atoms with Gasteiger partial charge in [-0.1, -0.05) is 57.9 Å². The molecule has 0 aliphatic rings. The molecule has 0 aliphatic heterocycles. The molecule has 0 aliphatic carbocycles. The second-order valence-corrected chi connectivity index (χ2v) is 8.30. The van der Waals surface area contributed by atoms with Crippen LogP contribution in [0.25, 0.3) is 0 Å². The zero-order chi connectivity index (χ0) is 23.8. The summed E-state index contributed by atoms with van der Waals surface area (Å²) in [6.07, 6.45) is -0.771. The number of carbonyl (C=O) groups is 3. The number of anilines is 1. The van der Waals surface area contributed by atoms with E-state index in [4.69, 9.17) is 21.1 Å². The highest BCUT2D eigenvalue weighted by molar-refractivity contribution is 9.10. The van der Waals surface area contributed by atoms with Crippen LogP contribution in [0.1, 0.15) is 22.8 Å². The minimum Gasteiger partial charge on any atom is -0.445 e. The fraction of sp³-hybridized carbons (Fsp3) is 0.125. The number of alkyl carbamates (subject to hydrolysis) is 1. The first-order valence-electron chi connectivity index (χ1n) is 9.87. The second-order valence-electron chi connectivity index (χ2n) is 6.95. The Kier molecular flexibility index (Phi) is 8.46. The van der Waals surface area contributed by atoms with Gasteiger partial charge in [0, 0.05) is 15.2 Å². The molecular weight excluding hydrogens is 512 g/mol. The third-order valence-corrected chi connectivity index (χ3v) is 5.16. The maximum absolute atomic E-state index is 12.8. The average molecular weight is 532 g/mol. The van der Waals surface area contributed by atoms with Gasteiger partial charge < -0.3 is 20.1 Å². The number of hydrogen-bond donors (Lipinski definition) is 2. The molecule has 7 nitrogen and oxygen atoms in total. The van der Waals surface area contributed by atoms with E-state index in [1.54, 1.807) is 24.3 Å². The van der Waals surface area contributed by atoms with E-state index in [1.165, 1.54) is 25.1 Å². The van der Waals surface area contributed by atoms with Crippen molar-refractivity contribution in [3.8, 4) is 5.75 Å². The van der Waals surface area contributed by atoms with Gasteiger partial charge in [0.25, 0.3) is 5.91 Å². The van der Waals surface area contributed by atoms with Crippen molar-refractivity contribution >= 4 is 51.2 Å². The van der Waals surface area contributed by atoms with Gasteiger partial charge in [0.2, 0.25) is 0 Å². The number of carbonyl (C=O) groups excluding carboxylic acids is 3. The van der Waals surface area contributed by atoms with Crippen LogP contribution < -0.4 is 15.4 Å². The van der Waals surface area contributed by atoms with Gasteiger partial charge in [-0.3, -0.25) is 4.79 Å². The highest BCUT2D eigenvalue weighted by atomic mass is 79.9. The van der Waals surface area contributed by atoms with Crippen LogP contribution in [0.5, 0.6) is 5.75 Å². The van der Waals surface area contributed by atoms with Gasteiger partial charge in [-0.05, 0) is 55.0 Å². The van der Waals surface area contributed by atoms with Crippen LogP contribution in [0.4, 0.5) is 10.5 Å². The normalized spacial score (nSPS) is 11.2. The molecule has 0 saturated heterocycles. The summed E-state index contributed by atoms with van der Waals surface area (Å²) in [6.45, 7) is 1.51. The van der Waals surface area contributed by atoms with Crippen LogP contribution in [0.15, 0.2) is 77.3 Å². The lowest BCUT2D eigenvalue weighted by atomic mass is 10.1. The first-order chi connectivity index (χ1) is 15.8. The highest BCUT2D eigenvalue weighted by Gasteiger charge is 2.22. The van der Waals surface area contributed by atoms with Crippen molar-refractivity contribution in [2.45, 2.75) is 19.6 Å². The Balaban J connectivity index is 1.61. The Hall–Kier alpha value is -3.36. The molecule has 0 aromatic heterocycles. The number of amides is 2. The molecule has 33 heavy (non-hydrogen) atoms. The summed E-state index contributed by atoms with van der Waals surface area (Å²) in [5.41, 5.74) is 1.43. The van der Waals surface area contributed by atoms with Crippen molar-refractivity contribution < 1.29 is 23.9 Å². The zero-order valence-electron chi connectivity index (χ0n) is 17.5. The van der Waals surface area contributed by atoms with Crippen molar-refractivity contribution in [3.05, 3.63) is 93.4 Å². The fourth-order valence-electron chi connectivity index (χ4n) is 2.70. The largest absolute Gasteiger partial charge is 0.445 e. The molecule has 170 valence electrons. The van der Waals surface area contributed by atoms with Gasteiger partial charge in [-0.2, -0.15) is 0 Å². The van der Waals surface area contributed by atoms with Crippen LogP contribution in [-0.2, 0) is 16.1 Å². The summed E-state index contributed by atoms with van der Waals surface area (Å²) in [6, 6.07) is 19.4. The maximum atomic E-state index is 12.8. The number of benzene rings is 3. The van der Waals surface area contributed by atoms with E-state index < -0.39 is 24.0 Å². The molecule has 0 heterocycles. The fourth-order valence-corrected chi connectivity index (χ4v) is 3.13. The third-order valence-electron chi connectivity index (χ3n) is 4.40. The Morgan fingerprint density at radius 1 is 1.00 bits per heavy atom. The van der Waals surface area contributed by atoms with Gasteiger partial charge >= 0.3 is 12.1 Å². The maximum Gasteiger partial charge on any atom is 0.408 e. The third kappa shape index (κ3) is 7.34. The second kappa shape index (κ2) is 11.5. The molecule has 0 spiro atoms. The summed E-state index contributed by atoms with van der Waals surface area (Å²) in [7, 11) is 0. The van der Waals surface area contributed by atoms with E-state index >= 15 is 0 Å². The summed E-state index contributed by atoms with van der Waals surface area (Å²) >= 11 is 9.37. The first-order valence-corrected chi connectivity index (χ1v) is 11.0. The van der Waals surface area contributed by atoms with Gasteiger partial charge in [0.1, 0.15) is 18.4 Å². The van der Waals surface area contributed by atoms with Crippen LogP contribution in [0.2, 0.25) is 5.02 Å². The molecule has 1 atom stereocenters. The quantitative estimate of drug-likeness (QED) is 0.307. The molecule has 3 aromatic rings. The van der Waals surface area contributed by atoms with Crippen LogP contribution in [-0.4, -0.2) is 24.0 Å². The number of nitrogens with one attached hydrogen (secondary N) is 2. The topological polar surface area (TPSA) is 93.7 Å². The van der Waals surface area contributed by atoms with E-state index in [0.29, 0.717) is 10.7 Å². The first kappa shape index (κ1) is 24.3. The lowest BCUT2D eigenvalue weighted by Crippen LogP contribution is -2.41. The molecule has 0 fully saturated rings. The number of ether oxygens (including phenoxy) is 2. The van der Waals surface area contributed by atoms with Crippen LogP contribution in [0.3, 0.4) is 0 Å². The van der Waals surface area contributed by atoms with Gasteiger partial charge in [-0.25, -0.2) is 9.59 Å². The van der Waals surface area contributed by atoms with E-state index in [0.717, 1.165) is 10.0 Å². The van der Waals surface area contributed by atoms with Crippen molar-refractivity contribution in [1.82, 2.24) is 5.32 Å². The number of halogens is 2. The van der Waals surface area contributed by atoms with E-state index in [9.17, 15) is 14.4 Å². The summed E-state index contributed by atoms with van der Waals surface area (Å²) in [5.74, 6) is -1.28. The van der Waals surface area contributed by atoms with Crippen molar-refractivity contribution in [3.63, 3.8) is 0 Å². The standard InChI is InChI=1S/C24H20BrClN2O5/c1-15(27-24(31)32-14-16-5-3-2-4-6-16)23(30)33-21-12-9-18(26)13-20(21)22(29)28-19-10-7-17(25)8-11-19/h2-13,15H,14H2,1H3,(H,27,31)(H,28,29)/t15-/m1/s1. The predicted octanol–water partition coefficient (Wildman–Crippen LogP) is 5.58. The smallest absolute Gasteiger partial charge is 0.408 e. The molecule has 0 unspecified atom stereocenters. The Labute approximate surface area is 204 Å². The lowest BCUT2D eigenvalue weighted by Gasteiger charge is -2.15. The van der Waals surface area contributed by atoms with E-state index in [2.05, 4.69) is 26.6 Å². The SMILES string of the molecule is C[C@@H](NC(=O)OCc1ccccc1)C(=O)Oc1ccc(Cl)cc1C(=O)Nc1ccc(Br)cc1. The van der Waals surface area contributed by atoms with Crippen molar-refractivity contribution in [1.29, 1.82) is 0 Å². The molecule has 0 bridgehead atoms. The molecule has 3 aromatic carbocycles. The Bertz CT molecular complexity index is 1140. The zero-order valence-corrected chi connectivity index (χ0v) is 19.9. The van der Waals surface area contributed by atoms with Crippen molar-refractivity contribution in [2.75, 3.05) is 5.32 Å². The number of esters is 1. The van der Waals surface area contributed by atoms with Gasteiger partial charge in [0.05, 0.1) is 5.56 Å². The molecule has 0 radical (unpaired) electrons. The predicted molar refractivity (Wildman–Crippen MR) is 128 cm³/mol. The summed E-state index contributed by atoms with van der Waals surface area (Å²) in [4.78, 5) is 37.3. The van der Waals surface area contributed by atoms with Crippen LogP contribution in [0, 0.1) is 0 Å². The monoisotopic (exact) mass is 530 g/mol. The van der Waals surface area contributed by atoms with Crippen LogP contribution >= 0.6 is 27.5 Å². The van der Waals surface area contributed by atoms with E-state index in [1.807, 2.05) is 30.3 Å². The highest BCUT2D eigenvalue weighted by Crippen LogP contribution is 2.25. The minimum absolute atomic E-state index is 0.00492. The molecular formula is C24H20BrClN2O5. The lowest BCUT2D eigenvalue weighted by molar-refractivity contribution is -0.136. The van der Waals surface area contributed by atoms with Crippen molar-refractivity contribution in [2.24, 2.45) is 0 Å². The van der Waals surface area contributed by atoms with Gasteiger partial charge in [-0.15, -0.1) is 0 Å². The summed E-state index contributed by atoms with van der Waals surface area (Å²) in [5, 5.41) is 5.43. The molecule has 2 amide bonds. The number of hydrogen-bond acceptors (Lipinski definition) is 5. The Morgan fingerprint density at radius 3 is 2.39 bits per heavy atom. The molecule has 2 N–H and O–H groups in total. The van der Waals surface area contributed by atoms with Gasteiger partial charge in [0.15, 0.2) is 0 Å². The average Bonchev–Trinajstić information content (AvgIpc) is 2.81. The van der Waals surface area contributed by atoms with E-state index in [-0.39, 0.29) is 17.9 Å². The Morgan fingerprint density at radius 2 is 1.70 bits per heavy atom. The number of rotatable bonds is 7. The summed E-state index contributed by atoms with van der Waals surface area (Å²) < 4.78 is 11.3.